The molecule has 1 rings (SSSR count). The van der Waals surface area contributed by atoms with Crippen LogP contribution in [0.4, 0.5) is 0 Å². The van der Waals surface area contributed by atoms with Crippen molar-refractivity contribution in [3.05, 3.63) is 22.5 Å². The molecule has 1 N–H and O–H groups in total. The number of hydrogen-bond acceptors (Lipinski definition) is 3. The smallest absolute Gasteiger partial charge is 0.339 e. The van der Waals surface area contributed by atoms with Gasteiger partial charge in [-0.25, -0.2) is 4.79 Å². The van der Waals surface area contributed by atoms with Crippen LogP contribution in [-0.2, 0) is 23.0 Å². The summed E-state index contributed by atoms with van der Waals surface area (Å²) in [5.41, 5.74) is 2.39. The van der Waals surface area contributed by atoms with Gasteiger partial charge in [-0.2, -0.15) is 0 Å². The van der Waals surface area contributed by atoms with E-state index in [2.05, 4.69) is 4.74 Å². The van der Waals surface area contributed by atoms with E-state index in [-0.39, 0.29) is 6.42 Å². The molecule has 5 nitrogen and oxygen atoms in total. The van der Waals surface area contributed by atoms with Gasteiger partial charge < -0.3 is 14.4 Å². The fraction of sp³-hybridized carbons (Fsp3) is 0.455. The topological polar surface area (TPSA) is 68.5 Å². The number of carboxylic acid groups (broad SMARTS) is 1. The summed E-state index contributed by atoms with van der Waals surface area (Å²) in [6, 6.07) is 0. The second kappa shape index (κ2) is 4.38. The monoisotopic (exact) mass is 225 g/mol. The predicted octanol–water partition coefficient (Wildman–Crippen LogP) is 1.06. The van der Waals surface area contributed by atoms with Gasteiger partial charge in [0.05, 0.1) is 19.1 Å². The van der Waals surface area contributed by atoms with E-state index in [0.29, 0.717) is 11.1 Å². The van der Waals surface area contributed by atoms with E-state index in [0.717, 1.165) is 11.4 Å². The van der Waals surface area contributed by atoms with Crippen molar-refractivity contribution in [3.8, 4) is 0 Å². The highest BCUT2D eigenvalue weighted by Gasteiger charge is 2.23. The Balaban J connectivity index is 3.38. The van der Waals surface area contributed by atoms with Crippen LogP contribution in [-0.4, -0.2) is 28.7 Å². The van der Waals surface area contributed by atoms with E-state index >= 15 is 0 Å². The largest absolute Gasteiger partial charge is 0.481 e. The summed E-state index contributed by atoms with van der Waals surface area (Å²) in [5, 5.41) is 8.81. The van der Waals surface area contributed by atoms with Crippen LogP contribution in [0.5, 0.6) is 0 Å². The highest BCUT2D eigenvalue weighted by atomic mass is 16.5. The first-order valence-electron chi connectivity index (χ1n) is 4.85. The molecule has 1 aromatic heterocycles. The van der Waals surface area contributed by atoms with Crippen LogP contribution in [0.3, 0.4) is 0 Å². The van der Waals surface area contributed by atoms with Crippen molar-refractivity contribution in [1.29, 1.82) is 0 Å². The zero-order chi connectivity index (χ0) is 12.5. The normalized spacial score (nSPS) is 10.2. The minimum Gasteiger partial charge on any atom is -0.481 e. The summed E-state index contributed by atoms with van der Waals surface area (Å²) >= 11 is 0. The minimum atomic E-state index is -0.959. The molecule has 0 unspecified atom stereocenters. The Bertz CT molecular complexity index is 445. The lowest BCUT2D eigenvalue weighted by Crippen LogP contribution is -2.09. The molecule has 0 saturated carbocycles. The van der Waals surface area contributed by atoms with E-state index < -0.39 is 11.9 Å². The van der Waals surface area contributed by atoms with Crippen molar-refractivity contribution in [2.75, 3.05) is 7.11 Å². The third-order valence-electron chi connectivity index (χ3n) is 2.82. The van der Waals surface area contributed by atoms with Crippen molar-refractivity contribution in [2.24, 2.45) is 7.05 Å². The number of aromatic nitrogens is 1. The van der Waals surface area contributed by atoms with Crippen molar-refractivity contribution >= 4 is 11.9 Å². The molecular weight excluding hydrogens is 210 g/mol. The highest BCUT2D eigenvalue weighted by molar-refractivity contribution is 5.94. The van der Waals surface area contributed by atoms with Gasteiger partial charge in [0.15, 0.2) is 0 Å². The van der Waals surface area contributed by atoms with Crippen LogP contribution in [0.25, 0.3) is 0 Å². The van der Waals surface area contributed by atoms with Crippen LogP contribution in [0.2, 0.25) is 0 Å². The first-order chi connectivity index (χ1) is 7.40. The molecule has 0 atom stereocenters. The van der Waals surface area contributed by atoms with Gasteiger partial charge in [-0.05, 0) is 19.4 Å². The van der Waals surface area contributed by atoms with Crippen molar-refractivity contribution < 1.29 is 19.4 Å². The zero-order valence-corrected chi connectivity index (χ0v) is 9.83. The van der Waals surface area contributed by atoms with Gasteiger partial charge in [0.1, 0.15) is 0 Å². The molecule has 0 aliphatic carbocycles. The first kappa shape index (κ1) is 12.3. The van der Waals surface area contributed by atoms with E-state index in [4.69, 9.17) is 5.11 Å². The SMILES string of the molecule is COC(=O)c1c(CC(=O)O)c(C)n(C)c1C. The van der Waals surface area contributed by atoms with E-state index in [1.54, 1.807) is 25.5 Å². The molecule has 0 saturated heterocycles. The summed E-state index contributed by atoms with van der Waals surface area (Å²) < 4.78 is 6.46. The number of aliphatic carboxylic acids is 1. The molecule has 0 fully saturated rings. The molecule has 0 amide bonds. The molecule has 1 aromatic rings. The van der Waals surface area contributed by atoms with Crippen molar-refractivity contribution in [3.63, 3.8) is 0 Å². The van der Waals surface area contributed by atoms with Crippen LogP contribution in [0.1, 0.15) is 27.3 Å². The van der Waals surface area contributed by atoms with E-state index in [9.17, 15) is 9.59 Å². The fourth-order valence-corrected chi connectivity index (χ4v) is 1.76. The number of carbonyl (C=O) groups excluding carboxylic acids is 1. The van der Waals surface area contributed by atoms with Gasteiger partial charge in [-0.1, -0.05) is 0 Å². The van der Waals surface area contributed by atoms with Crippen LogP contribution in [0, 0.1) is 13.8 Å². The number of carboxylic acids is 1. The minimum absolute atomic E-state index is 0.169. The second-order valence-corrected chi connectivity index (χ2v) is 3.65. The molecule has 0 radical (unpaired) electrons. The summed E-state index contributed by atoms with van der Waals surface area (Å²) in [6.45, 7) is 3.56. The Labute approximate surface area is 93.6 Å². The van der Waals surface area contributed by atoms with Gasteiger partial charge >= 0.3 is 11.9 Å². The number of nitrogens with zero attached hydrogens (tertiary/aromatic N) is 1. The number of ether oxygens (including phenoxy) is 1. The number of hydrogen-bond donors (Lipinski definition) is 1. The summed E-state index contributed by atoms with van der Waals surface area (Å²) in [5.74, 6) is -1.45. The Morgan fingerprint density at radius 1 is 1.31 bits per heavy atom. The standard InChI is InChI=1S/C11H15NO4/c1-6-8(5-9(13)14)10(11(15)16-4)7(2)12(6)3/h5H2,1-4H3,(H,13,14). The molecule has 0 aromatic carbocycles. The molecule has 0 bridgehead atoms. The van der Waals surface area contributed by atoms with Crippen LogP contribution >= 0.6 is 0 Å². The molecule has 88 valence electrons. The average molecular weight is 225 g/mol. The lowest BCUT2D eigenvalue weighted by molar-refractivity contribution is -0.136. The van der Waals surface area contributed by atoms with Crippen LogP contribution < -0.4 is 0 Å². The second-order valence-electron chi connectivity index (χ2n) is 3.65. The maximum absolute atomic E-state index is 11.6. The molecule has 5 heteroatoms. The van der Waals surface area contributed by atoms with Crippen LogP contribution in [0.15, 0.2) is 0 Å². The number of esters is 1. The number of carbonyl (C=O) groups is 2. The average Bonchev–Trinajstić information content (AvgIpc) is 2.42. The Hall–Kier alpha value is -1.78. The first-order valence-corrected chi connectivity index (χ1v) is 4.85. The van der Waals surface area contributed by atoms with Gasteiger partial charge in [0.25, 0.3) is 0 Å². The zero-order valence-electron chi connectivity index (χ0n) is 9.83. The van der Waals surface area contributed by atoms with Gasteiger partial charge in [0, 0.05) is 18.4 Å². The third kappa shape index (κ3) is 1.93. The third-order valence-corrected chi connectivity index (χ3v) is 2.82. The number of methoxy groups -OCH3 is 1. The quantitative estimate of drug-likeness (QED) is 0.781. The fourth-order valence-electron chi connectivity index (χ4n) is 1.76. The number of rotatable bonds is 3. The molecule has 0 aliphatic rings. The summed E-state index contributed by atoms with van der Waals surface area (Å²) in [6.07, 6.45) is -0.169. The maximum Gasteiger partial charge on any atom is 0.339 e. The van der Waals surface area contributed by atoms with E-state index in [1.807, 2.05) is 0 Å². The van der Waals surface area contributed by atoms with Crippen molar-refractivity contribution in [2.45, 2.75) is 20.3 Å². The molecule has 16 heavy (non-hydrogen) atoms. The predicted molar refractivity (Wildman–Crippen MR) is 57.6 cm³/mol. The van der Waals surface area contributed by atoms with Gasteiger partial charge in [0.2, 0.25) is 0 Å². The summed E-state index contributed by atoms with van der Waals surface area (Å²) in [7, 11) is 3.08. The Kier molecular flexibility index (Phi) is 3.37. The van der Waals surface area contributed by atoms with Gasteiger partial charge in [-0.3, -0.25) is 4.79 Å². The Morgan fingerprint density at radius 2 is 1.88 bits per heavy atom. The molecular formula is C11H15NO4. The van der Waals surface area contributed by atoms with Crippen molar-refractivity contribution in [1.82, 2.24) is 4.57 Å². The molecule has 1 heterocycles. The van der Waals surface area contributed by atoms with E-state index in [1.165, 1.54) is 7.11 Å². The lowest BCUT2D eigenvalue weighted by Gasteiger charge is -2.01. The lowest BCUT2D eigenvalue weighted by atomic mass is 10.1. The maximum atomic E-state index is 11.6. The Morgan fingerprint density at radius 3 is 2.31 bits per heavy atom. The van der Waals surface area contributed by atoms with Gasteiger partial charge in [-0.15, -0.1) is 0 Å². The molecule has 0 spiro atoms. The molecule has 0 aliphatic heterocycles. The highest BCUT2D eigenvalue weighted by Crippen LogP contribution is 2.22. The summed E-state index contributed by atoms with van der Waals surface area (Å²) in [4.78, 5) is 22.3.